The molecule has 6 heteroatoms. The predicted octanol–water partition coefficient (Wildman–Crippen LogP) is 4.13. The fourth-order valence-electron chi connectivity index (χ4n) is 2.36. The topological polar surface area (TPSA) is 69.4 Å². The minimum Gasteiger partial charge on any atom is -0.459 e. The van der Waals surface area contributed by atoms with Crippen molar-refractivity contribution >= 4 is 23.3 Å². The van der Waals surface area contributed by atoms with Crippen molar-refractivity contribution in [3.63, 3.8) is 0 Å². The number of halogens is 1. The number of rotatable bonds is 3. The number of benzene rings is 1. The summed E-state index contributed by atoms with van der Waals surface area (Å²) in [6.45, 7) is 0. The smallest absolute Gasteiger partial charge is 0.338 e. The van der Waals surface area contributed by atoms with E-state index >= 15 is 0 Å². The minimum atomic E-state index is -0.581. The second-order valence-corrected chi connectivity index (χ2v) is 5.35. The van der Waals surface area contributed by atoms with E-state index in [1.165, 1.54) is 31.0 Å². The van der Waals surface area contributed by atoms with Crippen LogP contribution in [0, 0.1) is 10.1 Å². The molecule has 0 bridgehead atoms. The number of esters is 1. The lowest BCUT2D eigenvalue weighted by Crippen LogP contribution is -2.17. The molecule has 0 saturated heterocycles. The van der Waals surface area contributed by atoms with Crippen molar-refractivity contribution < 1.29 is 14.5 Å². The molecule has 0 unspecified atom stereocenters. The van der Waals surface area contributed by atoms with Crippen LogP contribution in [0.3, 0.4) is 0 Å². The van der Waals surface area contributed by atoms with Crippen LogP contribution in [0.2, 0.25) is 5.02 Å². The Balaban J connectivity index is 2.05. The lowest BCUT2D eigenvalue weighted by atomic mass is 10.1. The Morgan fingerprint density at radius 3 is 2.45 bits per heavy atom. The van der Waals surface area contributed by atoms with Gasteiger partial charge in [0, 0.05) is 6.07 Å². The average molecular weight is 298 g/mol. The van der Waals surface area contributed by atoms with Crippen LogP contribution >= 0.6 is 11.6 Å². The molecule has 0 spiro atoms. The number of nitro groups is 1. The van der Waals surface area contributed by atoms with Gasteiger partial charge in [-0.1, -0.05) is 24.4 Å². The van der Waals surface area contributed by atoms with Crippen LogP contribution in [0.25, 0.3) is 0 Å². The maximum Gasteiger partial charge on any atom is 0.338 e. The van der Waals surface area contributed by atoms with Gasteiger partial charge in [0.1, 0.15) is 11.1 Å². The molecule has 0 aromatic heterocycles. The first-order valence-corrected chi connectivity index (χ1v) is 7.10. The van der Waals surface area contributed by atoms with Gasteiger partial charge in [0.05, 0.1) is 10.5 Å². The van der Waals surface area contributed by atoms with E-state index in [4.69, 9.17) is 16.3 Å². The quantitative estimate of drug-likeness (QED) is 0.364. The maximum atomic E-state index is 12.0. The molecular weight excluding hydrogens is 282 g/mol. The van der Waals surface area contributed by atoms with Crippen molar-refractivity contribution in [3.05, 3.63) is 38.9 Å². The van der Waals surface area contributed by atoms with E-state index < -0.39 is 10.9 Å². The Hall–Kier alpha value is -1.62. The zero-order valence-corrected chi connectivity index (χ0v) is 11.8. The van der Waals surface area contributed by atoms with Gasteiger partial charge in [0.2, 0.25) is 0 Å². The van der Waals surface area contributed by atoms with Crippen molar-refractivity contribution in [1.29, 1.82) is 0 Å². The van der Waals surface area contributed by atoms with Crippen LogP contribution in [0.1, 0.15) is 48.9 Å². The lowest BCUT2D eigenvalue weighted by Gasteiger charge is -2.15. The summed E-state index contributed by atoms with van der Waals surface area (Å²) in [6.07, 6.45) is 6.20. The number of ether oxygens (including phenoxy) is 1. The van der Waals surface area contributed by atoms with E-state index in [2.05, 4.69) is 0 Å². The van der Waals surface area contributed by atoms with Gasteiger partial charge in [0.15, 0.2) is 0 Å². The Morgan fingerprint density at radius 1 is 1.25 bits per heavy atom. The molecule has 1 aromatic carbocycles. The van der Waals surface area contributed by atoms with Crippen LogP contribution in [-0.4, -0.2) is 17.0 Å². The number of carbonyl (C=O) groups is 1. The van der Waals surface area contributed by atoms with Crippen molar-refractivity contribution in [2.45, 2.75) is 44.6 Å². The molecule has 1 aliphatic carbocycles. The molecule has 1 aliphatic rings. The molecular formula is C14H16ClNO4. The highest BCUT2D eigenvalue weighted by molar-refractivity contribution is 6.33. The maximum absolute atomic E-state index is 12.0. The van der Waals surface area contributed by atoms with Gasteiger partial charge in [-0.3, -0.25) is 10.1 Å². The fraction of sp³-hybridized carbons (Fsp3) is 0.500. The van der Waals surface area contributed by atoms with Gasteiger partial charge in [-0.05, 0) is 37.8 Å². The van der Waals surface area contributed by atoms with Gasteiger partial charge >= 0.3 is 5.97 Å². The standard InChI is InChI=1S/C14H16ClNO4/c15-12-9-10(7-8-13(12)16(18)19)14(17)20-11-5-3-1-2-4-6-11/h7-9,11H,1-6H2. The summed E-state index contributed by atoms with van der Waals surface area (Å²) < 4.78 is 5.45. The number of carbonyl (C=O) groups excluding carboxylic acids is 1. The van der Waals surface area contributed by atoms with Crippen LogP contribution in [-0.2, 0) is 4.74 Å². The average Bonchev–Trinajstić information content (AvgIpc) is 2.66. The summed E-state index contributed by atoms with van der Waals surface area (Å²) in [4.78, 5) is 22.1. The van der Waals surface area contributed by atoms with Gasteiger partial charge < -0.3 is 4.74 Å². The van der Waals surface area contributed by atoms with Gasteiger partial charge in [-0.25, -0.2) is 4.79 Å². The van der Waals surface area contributed by atoms with Crippen LogP contribution < -0.4 is 0 Å². The lowest BCUT2D eigenvalue weighted by molar-refractivity contribution is -0.384. The molecule has 0 aliphatic heterocycles. The largest absolute Gasteiger partial charge is 0.459 e. The summed E-state index contributed by atoms with van der Waals surface area (Å²) >= 11 is 5.79. The number of nitro benzene ring substituents is 1. The van der Waals surface area contributed by atoms with E-state index in [0.29, 0.717) is 0 Å². The molecule has 1 aromatic rings. The number of hydrogen-bond donors (Lipinski definition) is 0. The van der Waals surface area contributed by atoms with Crippen LogP contribution in [0.5, 0.6) is 0 Å². The first-order chi connectivity index (χ1) is 9.58. The normalized spacial score (nSPS) is 16.4. The highest BCUT2D eigenvalue weighted by Gasteiger charge is 2.20. The molecule has 1 saturated carbocycles. The molecule has 0 atom stereocenters. The molecule has 0 N–H and O–H groups in total. The van der Waals surface area contributed by atoms with E-state index in [-0.39, 0.29) is 22.4 Å². The Labute approximate surface area is 122 Å². The Morgan fingerprint density at radius 2 is 1.90 bits per heavy atom. The fourth-order valence-corrected chi connectivity index (χ4v) is 2.61. The minimum absolute atomic E-state index is 0.0506. The van der Waals surface area contributed by atoms with Crippen molar-refractivity contribution in [2.24, 2.45) is 0 Å². The monoisotopic (exact) mass is 297 g/mol. The first kappa shape index (κ1) is 14.8. The molecule has 108 valence electrons. The second-order valence-electron chi connectivity index (χ2n) is 4.94. The highest BCUT2D eigenvalue weighted by atomic mass is 35.5. The SMILES string of the molecule is O=C(OC1CCCCCC1)c1ccc([N+](=O)[O-])c(Cl)c1. The number of hydrogen-bond acceptors (Lipinski definition) is 4. The molecule has 0 amide bonds. The molecule has 5 nitrogen and oxygen atoms in total. The molecule has 20 heavy (non-hydrogen) atoms. The third-order valence-corrected chi connectivity index (χ3v) is 3.76. The van der Waals surface area contributed by atoms with E-state index in [1.807, 2.05) is 0 Å². The molecule has 0 heterocycles. The highest BCUT2D eigenvalue weighted by Crippen LogP contribution is 2.26. The summed E-state index contributed by atoms with van der Waals surface area (Å²) in [5, 5.41) is 10.6. The summed E-state index contributed by atoms with van der Waals surface area (Å²) in [5.41, 5.74) is 0.0440. The summed E-state index contributed by atoms with van der Waals surface area (Å²) in [6, 6.07) is 3.90. The number of nitrogens with zero attached hydrogens (tertiary/aromatic N) is 1. The third kappa shape index (κ3) is 3.70. The van der Waals surface area contributed by atoms with Gasteiger partial charge in [-0.15, -0.1) is 0 Å². The first-order valence-electron chi connectivity index (χ1n) is 6.73. The zero-order chi connectivity index (χ0) is 14.5. The third-order valence-electron chi connectivity index (χ3n) is 3.46. The van der Waals surface area contributed by atoms with E-state index in [1.54, 1.807) is 0 Å². The predicted molar refractivity (Wildman–Crippen MR) is 75.0 cm³/mol. The van der Waals surface area contributed by atoms with Crippen molar-refractivity contribution in [2.75, 3.05) is 0 Å². The van der Waals surface area contributed by atoms with Gasteiger partial charge in [0.25, 0.3) is 5.69 Å². The summed E-state index contributed by atoms with van der Waals surface area (Å²) in [7, 11) is 0. The van der Waals surface area contributed by atoms with E-state index in [9.17, 15) is 14.9 Å². The molecule has 1 fully saturated rings. The molecule has 2 rings (SSSR count). The van der Waals surface area contributed by atoms with Gasteiger partial charge in [-0.2, -0.15) is 0 Å². The van der Waals surface area contributed by atoms with E-state index in [0.717, 1.165) is 25.7 Å². The summed E-state index contributed by atoms with van der Waals surface area (Å²) in [5.74, 6) is -0.464. The Bertz CT molecular complexity index is 510. The van der Waals surface area contributed by atoms with Crippen LogP contribution in [0.15, 0.2) is 18.2 Å². The zero-order valence-electron chi connectivity index (χ0n) is 11.0. The second kappa shape index (κ2) is 6.70. The molecule has 0 radical (unpaired) electrons. The van der Waals surface area contributed by atoms with Crippen LogP contribution in [0.4, 0.5) is 5.69 Å². The van der Waals surface area contributed by atoms with Crippen molar-refractivity contribution in [1.82, 2.24) is 0 Å². The Kier molecular flexibility index (Phi) is 4.95. The van der Waals surface area contributed by atoms with Crippen molar-refractivity contribution in [3.8, 4) is 0 Å².